The minimum Gasteiger partial charge on any atom is -0.394 e. The summed E-state index contributed by atoms with van der Waals surface area (Å²) in [6.07, 6.45) is -0.711. The lowest BCUT2D eigenvalue weighted by Gasteiger charge is -2.15. The van der Waals surface area contributed by atoms with E-state index in [2.05, 4.69) is 4.98 Å². The van der Waals surface area contributed by atoms with Crippen molar-refractivity contribution in [2.24, 2.45) is 0 Å². The third kappa shape index (κ3) is 2.98. The van der Waals surface area contributed by atoms with E-state index in [1.54, 1.807) is 12.1 Å². The predicted octanol–water partition coefficient (Wildman–Crippen LogP) is 0.153. The summed E-state index contributed by atoms with van der Waals surface area (Å²) in [4.78, 5) is 26.4. The van der Waals surface area contributed by atoms with Gasteiger partial charge in [0.25, 0.3) is 5.56 Å². The average molecular weight is 318 g/mol. The Morgan fingerprint density at radius 1 is 1.30 bits per heavy atom. The molecule has 0 radical (unpaired) electrons. The van der Waals surface area contributed by atoms with Gasteiger partial charge in [-0.25, -0.2) is 4.79 Å². The first-order chi connectivity index (χ1) is 11.0. The lowest BCUT2D eigenvalue weighted by atomic mass is 10.1. The molecule has 7 nitrogen and oxygen atoms in total. The number of rotatable bonds is 3. The zero-order valence-electron chi connectivity index (χ0n) is 12.6. The van der Waals surface area contributed by atoms with Crippen molar-refractivity contribution in [1.82, 2.24) is 9.55 Å². The molecule has 3 rings (SSSR count). The van der Waals surface area contributed by atoms with Gasteiger partial charge in [-0.3, -0.25) is 14.3 Å². The van der Waals surface area contributed by atoms with Gasteiger partial charge in [-0.2, -0.15) is 0 Å². The molecule has 7 heteroatoms. The third-order valence-electron chi connectivity index (χ3n) is 4.02. The number of nitrogens with zero attached hydrogens (tertiary/aromatic N) is 1. The molecule has 23 heavy (non-hydrogen) atoms. The molecule has 0 bridgehead atoms. The molecule has 0 saturated carbocycles. The van der Waals surface area contributed by atoms with E-state index < -0.39 is 29.7 Å². The fourth-order valence-corrected chi connectivity index (χ4v) is 2.69. The van der Waals surface area contributed by atoms with Crippen LogP contribution in [0.15, 0.2) is 40.1 Å². The van der Waals surface area contributed by atoms with Crippen LogP contribution >= 0.6 is 0 Å². The summed E-state index contributed by atoms with van der Waals surface area (Å²) < 4.78 is 6.73. The predicted molar refractivity (Wildman–Crippen MR) is 83.1 cm³/mol. The molecule has 3 atom stereocenters. The number of aliphatic hydroxyl groups excluding tert-OH is 2. The van der Waals surface area contributed by atoms with Gasteiger partial charge in [0.2, 0.25) is 0 Å². The van der Waals surface area contributed by atoms with Crippen LogP contribution in [0.5, 0.6) is 0 Å². The lowest BCUT2D eigenvalue weighted by molar-refractivity contribution is -0.0458. The van der Waals surface area contributed by atoms with Gasteiger partial charge < -0.3 is 14.9 Å². The average Bonchev–Trinajstić information content (AvgIpc) is 2.89. The Balaban J connectivity index is 2.03. The van der Waals surface area contributed by atoms with Crippen LogP contribution in [0.4, 0.5) is 0 Å². The summed E-state index contributed by atoms with van der Waals surface area (Å²) in [7, 11) is 0. The summed E-state index contributed by atoms with van der Waals surface area (Å²) in [5, 5.41) is 19.0. The maximum absolute atomic E-state index is 12.1. The van der Waals surface area contributed by atoms with Gasteiger partial charge in [-0.05, 0) is 12.5 Å². The van der Waals surface area contributed by atoms with Crippen molar-refractivity contribution in [1.29, 1.82) is 0 Å². The highest BCUT2D eigenvalue weighted by Crippen LogP contribution is 2.28. The molecule has 1 aliphatic heterocycles. The van der Waals surface area contributed by atoms with Crippen LogP contribution in [-0.4, -0.2) is 38.6 Å². The summed E-state index contributed by atoms with van der Waals surface area (Å²) in [5.41, 5.74) is 0.999. The second kappa shape index (κ2) is 6.11. The van der Waals surface area contributed by atoms with Crippen molar-refractivity contribution in [2.45, 2.75) is 31.8 Å². The number of aromatic nitrogens is 2. The minimum absolute atomic E-state index is 0.171. The van der Waals surface area contributed by atoms with E-state index in [-0.39, 0.29) is 13.0 Å². The van der Waals surface area contributed by atoms with Crippen molar-refractivity contribution >= 4 is 0 Å². The number of nitrogens with one attached hydrogen (secondary N) is 1. The highest BCUT2D eigenvalue weighted by atomic mass is 16.5. The highest BCUT2D eigenvalue weighted by molar-refractivity contribution is 5.61. The van der Waals surface area contributed by atoms with E-state index >= 15 is 0 Å². The fourth-order valence-electron chi connectivity index (χ4n) is 2.69. The topological polar surface area (TPSA) is 105 Å². The quantitative estimate of drug-likeness (QED) is 0.747. The monoisotopic (exact) mass is 318 g/mol. The Morgan fingerprint density at radius 2 is 2.00 bits per heavy atom. The van der Waals surface area contributed by atoms with Gasteiger partial charge in [0.15, 0.2) is 0 Å². The van der Waals surface area contributed by atoms with E-state index in [0.29, 0.717) is 11.1 Å². The minimum atomic E-state index is -0.855. The van der Waals surface area contributed by atoms with Crippen LogP contribution in [0.3, 0.4) is 0 Å². The first-order valence-electron chi connectivity index (χ1n) is 7.36. The molecule has 0 aliphatic carbocycles. The molecule has 122 valence electrons. The van der Waals surface area contributed by atoms with E-state index in [9.17, 15) is 14.7 Å². The van der Waals surface area contributed by atoms with Gasteiger partial charge in [0, 0.05) is 12.6 Å². The number of aromatic amines is 1. The highest BCUT2D eigenvalue weighted by Gasteiger charge is 2.35. The number of benzene rings is 1. The molecule has 1 saturated heterocycles. The smallest absolute Gasteiger partial charge is 0.330 e. The standard InChI is InChI=1S/C16H18N2O5/c1-9-2-4-10(5-3-9)11-7-18(16(22)17-15(11)21)14-6-12(20)13(8-19)23-14/h2-5,7,12-14,19-20H,6,8H2,1H3,(H,17,21,22). The molecule has 2 heterocycles. The molecule has 1 aromatic carbocycles. The summed E-state index contributed by atoms with van der Waals surface area (Å²) in [5.74, 6) is 0. The Labute approximate surface area is 131 Å². The zero-order chi connectivity index (χ0) is 16.6. The maximum atomic E-state index is 12.1. The second-order valence-electron chi connectivity index (χ2n) is 5.69. The maximum Gasteiger partial charge on any atom is 0.330 e. The lowest BCUT2D eigenvalue weighted by Crippen LogP contribution is -2.33. The number of hydrogen-bond acceptors (Lipinski definition) is 5. The molecule has 1 fully saturated rings. The fraction of sp³-hybridized carbons (Fsp3) is 0.375. The van der Waals surface area contributed by atoms with Crippen LogP contribution in [-0.2, 0) is 4.74 Å². The largest absolute Gasteiger partial charge is 0.394 e. The number of aliphatic hydroxyl groups is 2. The van der Waals surface area contributed by atoms with Crippen LogP contribution < -0.4 is 11.2 Å². The normalized spacial score (nSPS) is 24.0. The molecule has 0 amide bonds. The first kappa shape index (κ1) is 15.7. The summed E-state index contributed by atoms with van der Waals surface area (Å²) >= 11 is 0. The SMILES string of the molecule is Cc1ccc(-c2cn(C3CC(O)C(CO)O3)c(=O)[nH]c2=O)cc1. The second-order valence-corrected chi connectivity index (χ2v) is 5.69. The molecular formula is C16H18N2O5. The van der Waals surface area contributed by atoms with Gasteiger partial charge in [0.05, 0.1) is 18.3 Å². The number of H-pyrrole nitrogens is 1. The van der Waals surface area contributed by atoms with Gasteiger partial charge in [-0.15, -0.1) is 0 Å². The van der Waals surface area contributed by atoms with Crippen LogP contribution in [0.1, 0.15) is 18.2 Å². The Morgan fingerprint density at radius 3 is 2.61 bits per heavy atom. The molecule has 3 N–H and O–H groups in total. The number of ether oxygens (including phenoxy) is 1. The van der Waals surface area contributed by atoms with Crippen LogP contribution in [0, 0.1) is 6.92 Å². The van der Waals surface area contributed by atoms with Crippen LogP contribution in [0.25, 0.3) is 11.1 Å². The molecule has 0 spiro atoms. The van der Waals surface area contributed by atoms with E-state index in [1.807, 2.05) is 19.1 Å². The van der Waals surface area contributed by atoms with Crippen molar-refractivity contribution in [3.63, 3.8) is 0 Å². The number of aryl methyl sites for hydroxylation is 1. The molecular weight excluding hydrogens is 300 g/mol. The van der Waals surface area contributed by atoms with Crippen molar-refractivity contribution < 1.29 is 14.9 Å². The zero-order valence-corrected chi connectivity index (χ0v) is 12.6. The van der Waals surface area contributed by atoms with Gasteiger partial charge in [-0.1, -0.05) is 29.8 Å². The third-order valence-corrected chi connectivity index (χ3v) is 4.02. The van der Waals surface area contributed by atoms with E-state index in [1.165, 1.54) is 10.8 Å². The van der Waals surface area contributed by atoms with Crippen molar-refractivity contribution in [2.75, 3.05) is 6.61 Å². The molecule has 1 aromatic heterocycles. The first-order valence-corrected chi connectivity index (χ1v) is 7.36. The Hall–Kier alpha value is -2.22. The summed E-state index contributed by atoms with van der Waals surface area (Å²) in [6, 6.07) is 7.36. The molecule has 1 aliphatic rings. The van der Waals surface area contributed by atoms with Crippen LogP contribution in [0.2, 0.25) is 0 Å². The van der Waals surface area contributed by atoms with Gasteiger partial charge >= 0.3 is 5.69 Å². The number of hydrogen-bond donors (Lipinski definition) is 3. The Bertz CT molecular complexity index is 808. The van der Waals surface area contributed by atoms with E-state index in [4.69, 9.17) is 9.84 Å². The van der Waals surface area contributed by atoms with Gasteiger partial charge in [0.1, 0.15) is 12.3 Å². The molecule has 3 unspecified atom stereocenters. The van der Waals surface area contributed by atoms with Crippen molar-refractivity contribution in [3.8, 4) is 11.1 Å². The Kier molecular flexibility index (Phi) is 4.16. The summed E-state index contributed by atoms with van der Waals surface area (Å²) in [6.45, 7) is 1.61. The van der Waals surface area contributed by atoms with Crippen molar-refractivity contribution in [3.05, 3.63) is 56.9 Å². The van der Waals surface area contributed by atoms with E-state index in [0.717, 1.165) is 5.56 Å². The molecule has 2 aromatic rings.